The zero-order valence-corrected chi connectivity index (χ0v) is 16.0. The number of esters is 1. The van der Waals surface area contributed by atoms with E-state index in [1.54, 1.807) is 6.08 Å². The summed E-state index contributed by atoms with van der Waals surface area (Å²) >= 11 is 0. The smallest absolute Gasteiger partial charge is 0.363 e. The number of para-hydroxylation sites is 1. The number of aryl methyl sites for hydroxylation is 1. The molecule has 0 saturated heterocycles. The van der Waals surface area contributed by atoms with Crippen molar-refractivity contribution in [1.82, 2.24) is 4.98 Å². The van der Waals surface area contributed by atoms with Gasteiger partial charge in [-0.1, -0.05) is 51.1 Å². The van der Waals surface area contributed by atoms with Crippen LogP contribution in [0.2, 0.25) is 0 Å². The molecule has 0 atom stereocenters. The average Bonchev–Trinajstić information content (AvgIpc) is 3.16. The number of cyclic esters (lactones) is 1. The highest BCUT2D eigenvalue weighted by Crippen LogP contribution is 2.26. The summed E-state index contributed by atoms with van der Waals surface area (Å²) in [5.41, 5.74) is 5.40. The van der Waals surface area contributed by atoms with Gasteiger partial charge in [0.1, 0.15) is 0 Å². The Morgan fingerprint density at radius 3 is 2.41 bits per heavy atom. The zero-order chi connectivity index (χ0) is 19.2. The molecule has 1 aliphatic heterocycles. The van der Waals surface area contributed by atoms with Crippen LogP contribution in [0.4, 0.5) is 0 Å². The molecule has 0 fully saturated rings. The normalized spacial score (nSPS) is 16.1. The van der Waals surface area contributed by atoms with E-state index in [2.05, 4.69) is 48.9 Å². The second-order valence-electron chi connectivity index (χ2n) is 7.87. The highest BCUT2D eigenvalue weighted by atomic mass is 16.6. The fraction of sp³-hybridized carbons (Fsp3) is 0.217. The number of aromatic nitrogens is 1. The minimum atomic E-state index is -0.428. The van der Waals surface area contributed by atoms with Gasteiger partial charge in [-0.25, -0.2) is 9.79 Å². The van der Waals surface area contributed by atoms with Gasteiger partial charge in [0.25, 0.3) is 0 Å². The lowest BCUT2D eigenvalue weighted by atomic mass is 9.87. The Balaban J connectivity index is 1.68. The van der Waals surface area contributed by atoms with E-state index in [-0.39, 0.29) is 5.41 Å². The predicted octanol–water partition coefficient (Wildman–Crippen LogP) is 5.12. The topological polar surface area (TPSA) is 54.4 Å². The van der Waals surface area contributed by atoms with Gasteiger partial charge in [-0.15, -0.1) is 0 Å². The van der Waals surface area contributed by atoms with Crippen molar-refractivity contribution in [1.29, 1.82) is 0 Å². The summed E-state index contributed by atoms with van der Waals surface area (Å²) in [5.74, 6) is -0.0802. The molecule has 2 heterocycles. The molecule has 1 aliphatic rings. The number of ether oxygens (including phenoxy) is 1. The first-order valence-corrected chi connectivity index (χ1v) is 9.04. The van der Waals surface area contributed by atoms with Crippen LogP contribution in [0.15, 0.2) is 59.2 Å². The molecule has 3 aromatic rings. The van der Waals surface area contributed by atoms with Crippen LogP contribution in [-0.2, 0) is 14.9 Å². The van der Waals surface area contributed by atoms with Gasteiger partial charge in [0.05, 0.1) is 0 Å². The molecule has 2 aromatic carbocycles. The van der Waals surface area contributed by atoms with Gasteiger partial charge in [0, 0.05) is 22.2 Å². The second-order valence-corrected chi connectivity index (χ2v) is 7.87. The van der Waals surface area contributed by atoms with E-state index in [4.69, 9.17) is 4.74 Å². The Morgan fingerprint density at radius 1 is 1.04 bits per heavy atom. The molecule has 0 radical (unpaired) electrons. The van der Waals surface area contributed by atoms with Crippen LogP contribution in [0.5, 0.6) is 0 Å². The van der Waals surface area contributed by atoms with Gasteiger partial charge in [-0.3, -0.25) is 0 Å². The number of nitrogens with one attached hydrogen (secondary N) is 1. The number of benzene rings is 2. The standard InChI is InChI=1S/C23H22N2O2/c1-14-17-7-5-6-8-18(17)24-19(14)13-20-22(26)27-21(25-20)15-9-11-16(12-10-15)23(2,3)4/h5-13,24H,1-4H3/b20-13-. The first-order chi connectivity index (χ1) is 12.8. The van der Waals surface area contributed by atoms with Crippen molar-refractivity contribution in [3.63, 3.8) is 0 Å². The maximum Gasteiger partial charge on any atom is 0.363 e. The summed E-state index contributed by atoms with van der Waals surface area (Å²) in [7, 11) is 0. The van der Waals surface area contributed by atoms with E-state index < -0.39 is 5.97 Å². The summed E-state index contributed by atoms with van der Waals surface area (Å²) < 4.78 is 5.40. The van der Waals surface area contributed by atoms with Crippen molar-refractivity contribution in [3.05, 3.63) is 76.6 Å². The van der Waals surface area contributed by atoms with E-state index in [0.29, 0.717) is 11.6 Å². The van der Waals surface area contributed by atoms with Crippen LogP contribution in [0.3, 0.4) is 0 Å². The maximum absolute atomic E-state index is 12.3. The minimum absolute atomic E-state index is 0.0743. The van der Waals surface area contributed by atoms with Crippen LogP contribution >= 0.6 is 0 Å². The van der Waals surface area contributed by atoms with Crippen LogP contribution in [0.25, 0.3) is 17.0 Å². The molecular weight excluding hydrogens is 336 g/mol. The van der Waals surface area contributed by atoms with Crippen molar-refractivity contribution in [2.75, 3.05) is 0 Å². The van der Waals surface area contributed by atoms with Crippen LogP contribution in [0, 0.1) is 6.92 Å². The SMILES string of the molecule is Cc1c(/C=C2\N=C(c3ccc(C(C)(C)C)cc3)OC2=O)[nH]c2ccccc12. The van der Waals surface area contributed by atoms with Crippen molar-refractivity contribution >= 4 is 28.8 Å². The lowest BCUT2D eigenvalue weighted by Gasteiger charge is -2.18. The summed E-state index contributed by atoms with van der Waals surface area (Å²) in [5, 5.41) is 1.14. The quantitative estimate of drug-likeness (QED) is 0.511. The number of hydrogen-bond donors (Lipinski definition) is 1. The number of hydrogen-bond acceptors (Lipinski definition) is 3. The highest BCUT2D eigenvalue weighted by molar-refractivity contribution is 6.13. The van der Waals surface area contributed by atoms with Crippen LogP contribution in [0.1, 0.15) is 43.2 Å². The van der Waals surface area contributed by atoms with E-state index in [1.807, 2.05) is 37.3 Å². The first-order valence-electron chi connectivity index (χ1n) is 9.04. The third kappa shape index (κ3) is 3.19. The number of fused-ring (bicyclic) bond motifs is 1. The number of nitrogens with zero attached hydrogens (tertiary/aromatic N) is 1. The first kappa shape index (κ1) is 17.3. The molecule has 1 aromatic heterocycles. The van der Waals surface area contributed by atoms with Crippen LogP contribution < -0.4 is 0 Å². The van der Waals surface area contributed by atoms with E-state index in [0.717, 1.165) is 27.7 Å². The lowest BCUT2D eigenvalue weighted by Crippen LogP contribution is -2.11. The Hall–Kier alpha value is -3.14. The maximum atomic E-state index is 12.3. The number of rotatable bonds is 2. The number of aliphatic imine (C=N–C) groups is 1. The van der Waals surface area contributed by atoms with E-state index in [9.17, 15) is 4.79 Å². The Bertz CT molecular complexity index is 1090. The van der Waals surface area contributed by atoms with Crippen LogP contribution in [-0.4, -0.2) is 16.9 Å². The summed E-state index contributed by atoms with van der Waals surface area (Å²) in [6.07, 6.45) is 1.76. The van der Waals surface area contributed by atoms with Crippen molar-refractivity contribution in [3.8, 4) is 0 Å². The lowest BCUT2D eigenvalue weighted by molar-refractivity contribution is -0.129. The third-order valence-corrected chi connectivity index (χ3v) is 4.90. The number of H-pyrrole nitrogens is 1. The van der Waals surface area contributed by atoms with Gasteiger partial charge >= 0.3 is 5.97 Å². The molecule has 0 bridgehead atoms. The predicted molar refractivity (Wildman–Crippen MR) is 109 cm³/mol. The summed E-state index contributed by atoms with van der Waals surface area (Å²) in [4.78, 5) is 20.1. The molecular formula is C23H22N2O2. The minimum Gasteiger partial charge on any atom is -0.402 e. The fourth-order valence-electron chi connectivity index (χ4n) is 3.23. The fourth-order valence-corrected chi connectivity index (χ4v) is 3.23. The number of carbonyl (C=O) groups excluding carboxylic acids is 1. The van der Waals surface area contributed by atoms with E-state index in [1.165, 1.54) is 5.56 Å². The largest absolute Gasteiger partial charge is 0.402 e. The molecule has 0 unspecified atom stereocenters. The molecule has 4 rings (SSSR count). The Labute approximate surface area is 158 Å². The molecule has 136 valence electrons. The molecule has 27 heavy (non-hydrogen) atoms. The molecule has 4 nitrogen and oxygen atoms in total. The monoisotopic (exact) mass is 358 g/mol. The Morgan fingerprint density at radius 2 is 1.74 bits per heavy atom. The van der Waals surface area contributed by atoms with Crippen molar-refractivity contribution in [2.24, 2.45) is 4.99 Å². The van der Waals surface area contributed by atoms with Gasteiger partial charge < -0.3 is 9.72 Å². The zero-order valence-electron chi connectivity index (χ0n) is 16.0. The van der Waals surface area contributed by atoms with Gasteiger partial charge in [0.15, 0.2) is 5.70 Å². The third-order valence-electron chi connectivity index (χ3n) is 4.90. The molecule has 0 spiro atoms. The number of aromatic amines is 1. The second kappa shape index (κ2) is 6.23. The van der Waals surface area contributed by atoms with E-state index >= 15 is 0 Å². The highest BCUT2D eigenvalue weighted by Gasteiger charge is 2.25. The molecule has 1 N–H and O–H groups in total. The van der Waals surface area contributed by atoms with Crippen molar-refractivity contribution in [2.45, 2.75) is 33.1 Å². The van der Waals surface area contributed by atoms with Crippen molar-refractivity contribution < 1.29 is 9.53 Å². The molecule has 0 saturated carbocycles. The average molecular weight is 358 g/mol. The molecule has 0 amide bonds. The molecule has 4 heteroatoms. The number of carbonyl (C=O) groups is 1. The molecule has 0 aliphatic carbocycles. The summed E-state index contributed by atoms with van der Waals surface area (Å²) in [6, 6.07) is 16.1. The van der Waals surface area contributed by atoms with Gasteiger partial charge in [0.2, 0.25) is 5.90 Å². The van der Waals surface area contributed by atoms with Gasteiger partial charge in [-0.05, 0) is 47.7 Å². The summed E-state index contributed by atoms with van der Waals surface area (Å²) in [6.45, 7) is 8.53. The van der Waals surface area contributed by atoms with Gasteiger partial charge in [-0.2, -0.15) is 0 Å². The Kier molecular flexibility index (Phi) is 3.99.